The van der Waals surface area contributed by atoms with Gasteiger partial charge in [0.15, 0.2) is 0 Å². The van der Waals surface area contributed by atoms with Crippen molar-refractivity contribution in [3.05, 3.63) is 0 Å². The van der Waals surface area contributed by atoms with Crippen LogP contribution in [0.3, 0.4) is 0 Å². The molecule has 0 amide bonds. The Morgan fingerprint density at radius 2 is 1.86 bits per heavy atom. The van der Waals surface area contributed by atoms with Gasteiger partial charge in [-0.05, 0) is 0 Å². The molecule has 0 heterocycles. The maximum Gasteiger partial charge on any atom is 1.00 e. The fraction of sp³-hybridized carbons (Fsp3) is 1.00. The average molecular weight is 148 g/mol. The summed E-state index contributed by atoms with van der Waals surface area (Å²) in [7, 11) is -2.26. The first-order chi connectivity index (χ1) is 2.56. The second kappa shape index (κ2) is 4.65. The largest absolute Gasteiger partial charge is 1.00 e. The van der Waals surface area contributed by atoms with E-state index in [1.807, 2.05) is 0 Å². The Bertz CT molecular complexity index is 77.0. The summed E-state index contributed by atoms with van der Waals surface area (Å²) in [5, 5.41) is 0. The summed E-state index contributed by atoms with van der Waals surface area (Å²) in [6.07, 6.45) is 0. The van der Waals surface area contributed by atoms with Crippen molar-refractivity contribution in [1.82, 2.24) is 0 Å². The first-order valence-electron chi connectivity index (χ1n) is 1.40. The van der Waals surface area contributed by atoms with Crippen molar-refractivity contribution in [2.24, 2.45) is 0 Å². The molecule has 0 saturated heterocycles. The molecule has 7 heavy (non-hydrogen) atoms. The van der Waals surface area contributed by atoms with Gasteiger partial charge in [-0.2, -0.15) is 0 Å². The molecule has 0 bridgehead atoms. The SMILES string of the molecule is COP(C)(=O)[O-].[K+]. The number of hydrogen-bond donors (Lipinski definition) is 0. The molecule has 0 aromatic rings. The molecule has 1 atom stereocenters. The third kappa shape index (κ3) is 11.4. The van der Waals surface area contributed by atoms with Gasteiger partial charge in [0, 0.05) is 13.8 Å². The van der Waals surface area contributed by atoms with Crippen molar-refractivity contribution in [2.45, 2.75) is 0 Å². The quantitative estimate of drug-likeness (QED) is 0.291. The van der Waals surface area contributed by atoms with E-state index < -0.39 is 7.60 Å². The predicted molar refractivity (Wildman–Crippen MR) is 20.5 cm³/mol. The molecule has 38 valence electrons. The molecule has 0 rings (SSSR count). The summed E-state index contributed by atoms with van der Waals surface area (Å²) < 4.78 is 13.7. The van der Waals surface area contributed by atoms with Gasteiger partial charge in [0.05, 0.1) is 0 Å². The van der Waals surface area contributed by atoms with Crippen LogP contribution in [0.15, 0.2) is 0 Å². The minimum atomic E-state index is -3.40. The van der Waals surface area contributed by atoms with E-state index in [0.717, 1.165) is 13.8 Å². The smallest absolute Gasteiger partial charge is 0.779 e. The van der Waals surface area contributed by atoms with Crippen LogP contribution in [0.25, 0.3) is 0 Å². The second-order valence-electron chi connectivity index (χ2n) is 0.954. The Hall–Kier alpha value is 1.79. The molecule has 0 N–H and O–H groups in total. The minimum absolute atomic E-state index is 0. The van der Waals surface area contributed by atoms with Crippen LogP contribution in [0.2, 0.25) is 0 Å². The molecule has 5 heteroatoms. The Kier molecular flexibility index (Phi) is 7.68. The van der Waals surface area contributed by atoms with Gasteiger partial charge < -0.3 is 14.0 Å². The van der Waals surface area contributed by atoms with Gasteiger partial charge in [-0.1, -0.05) is 0 Å². The summed E-state index contributed by atoms with van der Waals surface area (Å²) in [5.41, 5.74) is 0. The van der Waals surface area contributed by atoms with Crippen LogP contribution in [0.1, 0.15) is 0 Å². The van der Waals surface area contributed by atoms with Gasteiger partial charge >= 0.3 is 51.4 Å². The molecule has 0 aliphatic carbocycles. The maximum absolute atomic E-state index is 9.81. The number of rotatable bonds is 1. The Morgan fingerprint density at radius 3 is 1.86 bits per heavy atom. The van der Waals surface area contributed by atoms with E-state index in [4.69, 9.17) is 0 Å². The third-order valence-electron chi connectivity index (χ3n) is 0.332. The molecule has 3 nitrogen and oxygen atoms in total. The van der Waals surface area contributed by atoms with Gasteiger partial charge in [0.2, 0.25) is 0 Å². The van der Waals surface area contributed by atoms with E-state index >= 15 is 0 Å². The number of hydrogen-bond acceptors (Lipinski definition) is 3. The predicted octanol–water partition coefficient (Wildman–Crippen LogP) is -3.18. The van der Waals surface area contributed by atoms with Gasteiger partial charge in [-0.15, -0.1) is 0 Å². The molecule has 0 radical (unpaired) electrons. The Labute approximate surface area is 85.4 Å². The monoisotopic (exact) mass is 148 g/mol. The topological polar surface area (TPSA) is 49.4 Å². The first kappa shape index (κ1) is 11.6. The molecular weight excluding hydrogens is 142 g/mol. The summed E-state index contributed by atoms with van der Waals surface area (Å²) in [5.74, 6) is 0. The first-order valence-corrected chi connectivity index (χ1v) is 3.39. The van der Waals surface area contributed by atoms with Crippen LogP contribution >= 0.6 is 7.60 Å². The van der Waals surface area contributed by atoms with Crippen LogP contribution < -0.4 is 56.3 Å². The fourth-order valence-corrected chi connectivity index (χ4v) is 0. The summed E-state index contributed by atoms with van der Waals surface area (Å²) in [6, 6.07) is 0. The molecule has 0 aromatic heterocycles. The van der Waals surface area contributed by atoms with Crippen molar-refractivity contribution in [2.75, 3.05) is 13.8 Å². The molecule has 1 unspecified atom stereocenters. The van der Waals surface area contributed by atoms with E-state index in [9.17, 15) is 9.46 Å². The van der Waals surface area contributed by atoms with E-state index in [1.165, 1.54) is 0 Å². The summed E-state index contributed by atoms with van der Waals surface area (Å²) in [6.45, 7) is 1.02. The van der Waals surface area contributed by atoms with Crippen LogP contribution in [0.4, 0.5) is 0 Å². The summed E-state index contributed by atoms with van der Waals surface area (Å²) in [4.78, 5) is 9.81. The van der Waals surface area contributed by atoms with Crippen LogP contribution in [-0.2, 0) is 9.09 Å². The van der Waals surface area contributed by atoms with E-state index in [-0.39, 0.29) is 51.4 Å². The van der Waals surface area contributed by atoms with Crippen molar-refractivity contribution in [3.63, 3.8) is 0 Å². The summed E-state index contributed by atoms with van der Waals surface area (Å²) >= 11 is 0. The molecule has 0 aromatic carbocycles. The zero-order valence-corrected chi connectivity index (χ0v) is 8.69. The second-order valence-corrected chi connectivity index (χ2v) is 2.86. The normalized spacial score (nSPS) is 17.0. The van der Waals surface area contributed by atoms with E-state index in [1.54, 1.807) is 0 Å². The molecule has 0 saturated carbocycles. The third-order valence-corrected chi connectivity index (χ3v) is 0.995. The zero-order valence-electron chi connectivity index (χ0n) is 4.67. The molecule has 0 aliphatic rings. The van der Waals surface area contributed by atoms with Crippen LogP contribution in [0, 0.1) is 0 Å². The van der Waals surface area contributed by atoms with Gasteiger partial charge in [-0.25, -0.2) is 0 Å². The van der Waals surface area contributed by atoms with Crippen LogP contribution in [0.5, 0.6) is 0 Å². The van der Waals surface area contributed by atoms with Gasteiger partial charge in [-0.3, -0.25) is 0 Å². The Balaban J connectivity index is 0. The van der Waals surface area contributed by atoms with Crippen molar-refractivity contribution in [3.8, 4) is 0 Å². The molecule has 0 aliphatic heterocycles. The molecular formula is C2H6KO3P. The molecule has 0 spiro atoms. The van der Waals surface area contributed by atoms with Gasteiger partial charge in [0.25, 0.3) is 0 Å². The van der Waals surface area contributed by atoms with Crippen molar-refractivity contribution in [1.29, 1.82) is 0 Å². The maximum atomic E-state index is 9.81. The van der Waals surface area contributed by atoms with E-state index in [2.05, 4.69) is 4.52 Å². The fourth-order valence-electron chi connectivity index (χ4n) is 0. The van der Waals surface area contributed by atoms with E-state index in [0.29, 0.717) is 0 Å². The van der Waals surface area contributed by atoms with Gasteiger partial charge in [0.1, 0.15) is 7.60 Å². The molecule has 0 fully saturated rings. The average Bonchev–Trinajstić information content (AvgIpc) is 1.35. The Morgan fingerprint density at radius 1 is 1.71 bits per heavy atom. The zero-order chi connectivity index (χ0) is 5.21. The van der Waals surface area contributed by atoms with Crippen molar-refractivity contribution >= 4 is 7.60 Å². The standard InChI is InChI=1S/C2H7O3P.K/c1-5-6(2,3)4;/h1-2H3,(H,3,4);/q;+1/p-1. The van der Waals surface area contributed by atoms with Crippen molar-refractivity contribution < 1.29 is 65.4 Å². The minimum Gasteiger partial charge on any atom is -0.779 e. The van der Waals surface area contributed by atoms with Crippen LogP contribution in [-0.4, -0.2) is 13.8 Å².